The van der Waals surface area contributed by atoms with Crippen molar-refractivity contribution in [3.63, 3.8) is 0 Å². The van der Waals surface area contributed by atoms with Crippen molar-refractivity contribution in [1.29, 1.82) is 0 Å². The molecule has 4 atom stereocenters. The summed E-state index contributed by atoms with van der Waals surface area (Å²) in [4.78, 5) is 29.2. The standard InChI is InChI=1S/C10H14N5O7P/c11-8-5-9(13-2-12-8)15(3-14-5)10-7(17)6(16)4(22-10)1-21-23(18,19)20/h2-4,6-7,10,16-17H,1H2,(H2,11,12,13)(H2,18,19,20)/t4-,6+,7?,10-/m1/s1/i1+1,2+1,3+1,4+1,5+1,6+1,7+1,8+1,9+1,10+1. The molecule has 0 aliphatic carbocycles. The number of hydrogen-bond donors (Lipinski definition) is 5. The fraction of sp³-hybridized carbons (Fsp3) is 0.500. The SMILES string of the molecule is N[13c]1n[13cH]n[13c]2[13c]1n[13cH]n2[13C@@H]1O[13C@H]([13CH2]OP(=O)(O)O)[13C@H](O)[13CH]1O. The van der Waals surface area contributed by atoms with Gasteiger partial charge in [0, 0.05) is 0 Å². The van der Waals surface area contributed by atoms with Crippen molar-refractivity contribution >= 4 is 24.8 Å². The Morgan fingerprint density at radius 1 is 1.30 bits per heavy atom. The van der Waals surface area contributed by atoms with E-state index in [1.165, 1.54) is 17.2 Å². The van der Waals surface area contributed by atoms with Gasteiger partial charge in [-0.3, -0.25) is 9.09 Å². The van der Waals surface area contributed by atoms with Gasteiger partial charge in [-0.25, -0.2) is 19.5 Å². The zero-order valence-electron chi connectivity index (χ0n) is 11.5. The lowest BCUT2D eigenvalue weighted by atomic mass is 11.1. The molecule has 13 heteroatoms. The molecule has 2 aromatic heterocycles. The van der Waals surface area contributed by atoms with E-state index in [0.717, 1.165) is 0 Å². The van der Waals surface area contributed by atoms with Crippen molar-refractivity contribution in [2.75, 3.05) is 12.3 Å². The molecule has 126 valence electrons. The second-order valence-corrected chi connectivity index (χ2v) is 6.15. The molecule has 1 unspecified atom stereocenters. The first-order valence-corrected chi connectivity index (χ1v) is 7.95. The summed E-state index contributed by atoms with van der Waals surface area (Å²) in [5.74, 6) is 0.142. The van der Waals surface area contributed by atoms with E-state index in [2.05, 4.69) is 19.5 Å². The molecule has 1 aliphatic rings. The third kappa shape index (κ3) is 3.05. The average molecular weight is 357 g/mol. The summed E-state index contributed by atoms with van der Waals surface area (Å²) in [6.45, 7) is -0.594. The number of aliphatic hydroxyl groups excluding tert-OH is 2. The van der Waals surface area contributed by atoms with Crippen LogP contribution >= 0.6 is 7.82 Å². The molecule has 3 rings (SSSR count). The molecule has 0 radical (unpaired) electrons. The Balaban J connectivity index is 1.85. The van der Waals surface area contributed by atoms with E-state index >= 15 is 0 Å². The molecule has 2 aromatic rings. The molecule has 1 aliphatic heterocycles. The first kappa shape index (κ1) is 16.2. The van der Waals surface area contributed by atoms with Gasteiger partial charge in [0.15, 0.2) is 17.7 Å². The molecule has 0 spiro atoms. The Hall–Kier alpha value is -1.66. The number of aromatic nitrogens is 4. The molecular formula is C10H14N5O7P. The van der Waals surface area contributed by atoms with Crippen LogP contribution in [-0.4, -0.2) is 64.4 Å². The van der Waals surface area contributed by atoms with E-state index in [0.29, 0.717) is 5.52 Å². The number of hydrogen-bond acceptors (Lipinski definition) is 9. The fourth-order valence-electron chi connectivity index (χ4n) is 2.32. The minimum absolute atomic E-state index is 0.142. The highest BCUT2D eigenvalue weighted by Gasteiger charge is 2.45. The molecule has 0 aromatic carbocycles. The predicted molar refractivity (Wildman–Crippen MR) is 73.7 cm³/mol. The van der Waals surface area contributed by atoms with Crippen LogP contribution in [0.15, 0.2) is 12.7 Å². The molecule has 6 N–H and O–H groups in total. The van der Waals surface area contributed by atoms with E-state index in [4.69, 9.17) is 20.3 Å². The molecule has 1 fully saturated rings. The number of nitrogens with zero attached hydrogens (tertiary/aromatic N) is 4. The highest BCUT2D eigenvalue weighted by molar-refractivity contribution is 7.46. The van der Waals surface area contributed by atoms with Crippen LogP contribution in [0.4, 0.5) is 5.82 Å². The molecule has 23 heavy (non-hydrogen) atoms. The van der Waals surface area contributed by atoms with Gasteiger partial charge >= 0.3 is 7.82 Å². The van der Waals surface area contributed by atoms with Crippen LogP contribution in [0.1, 0.15) is 6.23 Å². The Morgan fingerprint density at radius 3 is 2.74 bits per heavy atom. The summed E-state index contributed by atoms with van der Waals surface area (Å²) in [6, 6.07) is 0. The van der Waals surface area contributed by atoms with Crippen LogP contribution in [-0.2, 0) is 13.8 Å². The van der Waals surface area contributed by atoms with Crippen molar-refractivity contribution in [2.24, 2.45) is 0 Å². The van der Waals surface area contributed by atoms with Gasteiger partial charge in [-0.15, -0.1) is 0 Å². The van der Waals surface area contributed by atoms with Crippen molar-refractivity contribution in [2.45, 2.75) is 24.5 Å². The van der Waals surface area contributed by atoms with Gasteiger partial charge in [0.1, 0.15) is 30.2 Å². The Labute approximate surface area is 128 Å². The van der Waals surface area contributed by atoms with Crippen LogP contribution in [0.25, 0.3) is 11.2 Å². The maximum absolute atomic E-state index is 10.7. The van der Waals surface area contributed by atoms with E-state index in [-0.39, 0.29) is 11.5 Å². The molecule has 12 nitrogen and oxygen atoms in total. The molecule has 1 saturated heterocycles. The van der Waals surface area contributed by atoms with Crippen LogP contribution < -0.4 is 5.73 Å². The number of aliphatic hydroxyl groups is 2. The van der Waals surface area contributed by atoms with E-state index in [9.17, 15) is 14.8 Å². The van der Waals surface area contributed by atoms with Crippen molar-refractivity contribution in [3.8, 4) is 0 Å². The topological polar surface area (TPSA) is 186 Å². The molecule has 0 saturated carbocycles. The zero-order valence-corrected chi connectivity index (χ0v) is 12.4. The Kier molecular flexibility index (Phi) is 4.06. The van der Waals surface area contributed by atoms with Crippen LogP contribution in [0.2, 0.25) is 0 Å². The van der Waals surface area contributed by atoms with Gasteiger partial charge in [-0.05, 0) is 0 Å². The second kappa shape index (κ2) is 5.76. The highest BCUT2D eigenvalue weighted by Crippen LogP contribution is 2.38. The lowest BCUT2D eigenvalue weighted by molar-refractivity contribution is -0.0504. The quantitative estimate of drug-likeness (QED) is 0.305. The molecular weight excluding hydrogens is 343 g/mol. The van der Waals surface area contributed by atoms with Crippen molar-refractivity contribution in [1.82, 2.24) is 19.5 Å². The predicted octanol–water partition coefficient (Wildman–Crippen LogP) is -1.86. The van der Waals surface area contributed by atoms with E-state index in [1.54, 1.807) is 0 Å². The summed E-state index contributed by atoms with van der Waals surface area (Å²) < 4.78 is 21.8. The average Bonchev–Trinajstić information content (AvgIpc) is 3.01. The third-order valence-corrected chi connectivity index (χ3v) is 3.89. The first-order valence-electron chi connectivity index (χ1n) is 6.42. The lowest BCUT2D eigenvalue weighted by Crippen LogP contribution is -2.33. The van der Waals surface area contributed by atoms with Gasteiger partial charge in [-0.2, -0.15) is 0 Å². The van der Waals surface area contributed by atoms with Crippen molar-refractivity contribution < 1.29 is 33.8 Å². The number of ether oxygens (including phenoxy) is 1. The monoisotopic (exact) mass is 357 g/mol. The van der Waals surface area contributed by atoms with Gasteiger partial charge < -0.3 is 30.5 Å². The normalized spacial score (nSPS) is 28.5. The number of nitrogen functional groups attached to an aromatic ring is 1. The van der Waals surface area contributed by atoms with E-state index in [1.807, 2.05) is 0 Å². The number of fused-ring (bicyclic) bond motifs is 1. The van der Waals surface area contributed by atoms with E-state index < -0.39 is 39.0 Å². The zero-order chi connectivity index (χ0) is 16.8. The summed E-state index contributed by atoms with van der Waals surface area (Å²) in [5, 5.41) is 20.1. The number of phosphoric ester groups is 1. The summed E-state index contributed by atoms with van der Waals surface area (Å²) in [6.07, 6.45) is -2.49. The number of rotatable bonds is 4. The van der Waals surface area contributed by atoms with Crippen molar-refractivity contribution in [3.05, 3.63) is 12.7 Å². The van der Waals surface area contributed by atoms with Crippen LogP contribution in [0.3, 0.4) is 0 Å². The Morgan fingerprint density at radius 2 is 2.04 bits per heavy atom. The third-order valence-electron chi connectivity index (χ3n) is 3.41. The van der Waals surface area contributed by atoms with Gasteiger partial charge in [0.25, 0.3) is 0 Å². The second-order valence-electron chi connectivity index (χ2n) is 4.92. The number of imidazole rings is 1. The molecule has 0 bridgehead atoms. The molecule has 3 heterocycles. The minimum atomic E-state index is -4.72. The van der Waals surface area contributed by atoms with Gasteiger partial charge in [-0.1, -0.05) is 0 Å². The maximum Gasteiger partial charge on any atom is 0.469 e. The van der Waals surface area contributed by atoms with Crippen LogP contribution in [0, 0.1) is 0 Å². The largest absolute Gasteiger partial charge is 0.469 e. The number of phosphoric acid groups is 1. The number of anilines is 1. The lowest BCUT2D eigenvalue weighted by Gasteiger charge is -2.16. The summed E-state index contributed by atoms with van der Waals surface area (Å²) in [7, 11) is -4.72. The Bertz CT molecular complexity index is 763. The minimum Gasteiger partial charge on any atom is -0.387 e. The summed E-state index contributed by atoms with van der Waals surface area (Å²) >= 11 is 0. The smallest absolute Gasteiger partial charge is 0.387 e. The highest BCUT2D eigenvalue weighted by atomic mass is 31.2. The molecule has 0 amide bonds. The fourth-order valence-corrected chi connectivity index (χ4v) is 2.66. The first-order chi connectivity index (χ1) is 10.8. The maximum atomic E-state index is 10.7. The van der Waals surface area contributed by atoms with Crippen LogP contribution in [0.5, 0.6) is 0 Å². The summed E-state index contributed by atoms with van der Waals surface area (Å²) in [5.41, 5.74) is 6.25. The van der Waals surface area contributed by atoms with Gasteiger partial charge in [0.05, 0.1) is 12.9 Å². The number of nitrogens with two attached hydrogens (primary N) is 1. The van der Waals surface area contributed by atoms with Gasteiger partial charge in [0.2, 0.25) is 0 Å².